The summed E-state index contributed by atoms with van der Waals surface area (Å²) >= 11 is 3.36. The Balaban J connectivity index is 2.95. The van der Waals surface area contributed by atoms with Crippen molar-refractivity contribution in [1.29, 1.82) is 0 Å². The fourth-order valence-electron chi connectivity index (χ4n) is 1.04. The Morgan fingerprint density at radius 1 is 1.55 bits per heavy atom. The minimum absolute atomic E-state index is 0.873. The molecule has 0 fully saturated rings. The van der Waals surface area contributed by atoms with Gasteiger partial charge in [-0.1, -0.05) is 0 Å². The SMILES string of the molecule is Cc1nc(Br)c2ccncn12. The number of rotatable bonds is 0. The molecule has 0 aromatic carbocycles. The summed E-state index contributed by atoms with van der Waals surface area (Å²) in [4.78, 5) is 8.22. The zero-order chi connectivity index (χ0) is 7.84. The molecule has 2 aromatic rings. The summed E-state index contributed by atoms with van der Waals surface area (Å²) in [5, 5.41) is 0. The first kappa shape index (κ1) is 6.79. The predicted molar refractivity (Wildman–Crippen MR) is 45.4 cm³/mol. The van der Waals surface area contributed by atoms with Crippen LogP contribution < -0.4 is 0 Å². The molecule has 56 valence electrons. The number of fused-ring (bicyclic) bond motifs is 1. The van der Waals surface area contributed by atoms with Gasteiger partial charge < -0.3 is 0 Å². The molecule has 0 atom stereocenters. The van der Waals surface area contributed by atoms with Crippen molar-refractivity contribution in [3.05, 3.63) is 29.0 Å². The molecule has 2 heterocycles. The summed E-state index contributed by atoms with van der Waals surface area (Å²) in [5.41, 5.74) is 1.05. The lowest BCUT2D eigenvalue weighted by molar-refractivity contribution is 0.999. The van der Waals surface area contributed by atoms with Crippen LogP contribution in [0.5, 0.6) is 0 Å². The molecule has 0 saturated heterocycles. The van der Waals surface area contributed by atoms with Crippen LogP contribution in [0, 0.1) is 6.92 Å². The minimum Gasteiger partial charge on any atom is -0.286 e. The van der Waals surface area contributed by atoms with Crippen molar-refractivity contribution >= 4 is 21.4 Å². The molecule has 3 nitrogen and oxygen atoms in total. The Bertz CT molecular complexity index is 357. The quantitative estimate of drug-likeness (QED) is 0.666. The Hall–Kier alpha value is -0.900. The lowest BCUT2D eigenvalue weighted by Gasteiger charge is -1.91. The molecular weight excluding hydrogens is 206 g/mol. The molecule has 4 heteroatoms. The number of halogens is 1. The van der Waals surface area contributed by atoms with Crippen molar-refractivity contribution in [3.63, 3.8) is 0 Å². The van der Waals surface area contributed by atoms with Gasteiger partial charge in [0.05, 0.1) is 5.52 Å². The van der Waals surface area contributed by atoms with Gasteiger partial charge in [-0.15, -0.1) is 0 Å². The molecule has 0 radical (unpaired) electrons. The number of hydrogen-bond donors (Lipinski definition) is 0. The lowest BCUT2D eigenvalue weighted by Crippen LogP contribution is -1.87. The van der Waals surface area contributed by atoms with Crippen LogP contribution in [0.3, 0.4) is 0 Å². The number of aryl methyl sites for hydroxylation is 1. The second kappa shape index (κ2) is 2.30. The van der Waals surface area contributed by atoms with Crippen molar-refractivity contribution in [2.75, 3.05) is 0 Å². The van der Waals surface area contributed by atoms with Gasteiger partial charge in [0.15, 0.2) is 0 Å². The maximum atomic E-state index is 4.23. The van der Waals surface area contributed by atoms with Crippen LogP contribution in [0.1, 0.15) is 5.82 Å². The molecular formula is C7H6BrN3. The van der Waals surface area contributed by atoms with Crippen LogP contribution in [0.25, 0.3) is 5.52 Å². The summed E-state index contributed by atoms with van der Waals surface area (Å²) in [6.07, 6.45) is 3.50. The van der Waals surface area contributed by atoms with Crippen molar-refractivity contribution < 1.29 is 0 Å². The zero-order valence-electron chi connectivity index (χ0n) is 5.95. The highest BCUT2D eigenvalue weighted by Crippen LogP contribution is 2.16. The van der Waals surface area contributed by atoms with Gasteiger partial charge in [0, 0.05) is 6.20 Å². The number of aromatic nitrogens is 3. The van der Waals surface area contributed by atoms with E-state index in [2.05, 4.69) is 25.9 Å². The topological polar surface area (TPSA) is 30.2 Å². The maximum absolute atomic E-state index is 4.23. The number of nitrogens with zero attached hydrogens (tertiary/aromatic N) is 3. The van der Waals surface area contributed by atoms with E-state index < -0.39 is 0 Å². The second-order valence-electron chi connectivity index (χ2n) is 2.29. The summed E-state index contributed by atoms with van der Waals surface area (Å²) in [5.74, 6) is 0.944. The van der Waals surface area contributed by atoms with Gasteiger partial charge in [-0.05, 0) is 28.9 Å². The average Bonchev–Trinajstić information content (AvgIpc) is 2.30. The predicted octanol–water partition coefficient (Wildman–Crippen LogP) is 1.80. The van der Waals surface area contributed by atoms with Crippen molar-refractivity contribution in [2.45, 2.75) is 6.92 Å². The van der Waals surface area contributed by atoms with E-state index in [4.69, 9.17) is 0 Å². The Morgan fingerprint density at radius 2 is 2.36 bits per heavy atom. The minimum atomic E-state index is 0.873. The highest BCUT2D eigenvalue weighted by Gasteiger charge is 2.02. The molecule has 0 unspecified atom stereocenters. The van der Waals surface area contributed by atoms with Gasteiger partial charge >= 0.3 is 0 Å². The first-order valence-corrected chi connectivity index (χ1v) is 4.02. The molecule has 2 aromatic heterocycles. The van der Waals surface area contributed by atoms with E-state index in [1.807, 2.05) is 17.4 Å². The van der Waals surface area contributed by atoms with E-state index in [0.717, 1.165) is 15.9 Å². The van der Waals surface area contributed by atoms with Gasteiger partial charge in [0.1, 0.15) is 16.8 Å². The monoisotopic (exact) mass is 211 g/mol. The van der Waals surface area contributed by atoms with Gasteiger partial charge in [0.2, 0.25) is 0 Å². The summed E-state index contributed by atoms with van der Waals surface area (Å²) < 4.78 is 2.81. The van der Waals surface area contributed by atoms with Crippen molar-refractivity contribution in [2.24, 2.45) is 0 Å². The van der Waals surface area contributed by atoms with Crippen molar-refractivity contribution in [3.8, 4) is 0 Å². The average molecular weight is 212 g/mol. The van der Waals surface area contributed by atoms with Crippen LogP contribution in [-0.4, -0.2) is 14.4 Å². The molecule has 0 aliphatic rings. The molecule has 0 amide bonds. The van der Waals surface area contributed by atoms with E-state index in [9.17, 15) is 0 Å². The first-order chi connectivity index (χ1) is 5.29. The summed E-state index contributed by atoms with van der Waals surface area (Å²) in [6.45, 7) is 1.94. The third-order valence-corrected chi connectivity index (χ3v) is 2.16. The fraction of sp³-hybridized carbons (Fsp3) is 0.143. The zero-order valence-corrected chi connectivity index (χ0v) is 7.54. The highest BCUT2D eigenvalue weighted by atomic mass is 79.9. The lowest BCUT2D eigenvalue weighted by atomic mass is 10.5. The fourth-order valence-corrected chi connectivity index (χ4v) is 1.62. The first-order valence-electron chi connectivity index (χ1n) is 3.23. The van der Waals surface area contributed by atoms with E-state index >= 15 is 0 Å². The number of imidazole rings is 1. The van der Waals surface area contributed by atoms with Crippen LogP contribution in [0.4, 0.5) is 0 Å². The number of hydrogen-bond acceptors (Lipinski definition) is 2. The third-order valence-electron chi connectivity index (χ3n) is 1.58. The molecule has 0 saturated carbocycles. The van der Waals surface area contributed by atoms with Gasteiger partial charge in [-0.2, -0.15) is 0 Å². The van der Waals surface area contributed by atoms with E-state index in [-0.39, 0.29) is 0 Å². The van der Waals surface area contributed by atoms with Crippen LogP contribution in [0.2, 0.25) is 0 Å². The van der Waals surface area contributed by atoms with E-state index in [0.29, 0.717) is 0 Å². The smallest absolute Gasteiger partial charge is 0.132 e. The molecule has 0 aliphatic carbocycles. The molecule has 0 spiro atoms. The standard InChI is InChI=1S/C7H6BrN3/c1-5-10-7(8)6-2-3-9-4-11(5)6/h2-4H,1H3. The largest absolute Gasteiger partial charge is 0.286 e. The van der Waals surface area contributed by atoms with E-state index in [1.165, 1.54) is 0 Å². The molecule has 2 rings (SSSR count). The van der Waals surface area contributed by atoms with Crippen LogP contribution in [-0.2, 0) is 0 Å². The third kappa shape index (κ3) is 0.939. The molecule has 0 N–H and O–H groups in total. The Morgan fingerprint density at radius 3 is 3.09 bits per heavy atom. The Kier molecular flexibility index (Phi) is 1.42. The van der Waals surface area contributed by atoms with Gasteiger partial charge in [0.25, 0.3) is 0 Å². The molecule has 0 bridgehead atoms. The van der Waals surface area contributed by atoms with Crippen molar-refractivity contribution in [1.82, 2.24) is 14.4 Å². The highest BCUT2D eigenvalue weighted by molar-refractivity contribution is 9.10. The summed E-state index contributed by atoms with van der Waals surface area (Å²) in [6, 6.07) is 1.92. The second-order valence-corrected chi connectivity index (χ2v) is 3.04. The van der Waals surface area contributed by atoms with Crippen LogP contribution in [0.15, 0.2) is 23.2 Å². The normalized spacial score (nSPS) is 10.7. The summed E-state index contributed by atoms with van der Waals surface area (Å²) in [7, 11) is 0. The van der Waals surface area contributed by atoms with Gasteiger partial charge in [-0.25, -0.2) is 9.97 Å². The van der Waals surface area contributed by atoms with Crippen LogP contribution >= 0.6 is 15.9 Å². The Labute approximate surface area is 72.2 Å². The molecule has 0 aliphatic heterocycles. The maximum Gasteiger partial charge on any atom is 0.132 e. The molecule has 11 heavy (non-hydrogen) atoms. The van der Waals surface area contributed by atoms with Gasteiger partial charge in [-0.3, -0.25) is 4.40 Å². The van der Waals surface area contributed by atoms with E-state index in [1.54, 1.807) is 12.5 Å².